The number of fused-ring (bicyclic) bond motifs is 1. The molecule has 32 heavy (non-hydrogen) atoms. The zero-order valence-electron chi connectivity index (χ0n) is 19.4. The van der Waals surface area contributed by atoms with Crippen LogP contribution in [0.3, 0.4) is 0 Å². The fourth-order valence-corrected chi connectivity index (χ4v) is 4.02. The van der Waals surface area contributed by atoms with E-state index in [-0.39, 0.29) is 11.8 Å². The molecule has 1 unspecified atom stereocenters. The lowest BCUT2D eigenvalue weighted by atomic mass is 10.00. The molecule has 0 fully saturated rings. The molecule has 0 saturated heterocycles. The van der Waals surface area contributed by atoms with Crippen molar-refractivity contribution in [1.82, 2.24) is 10.2 Å². The van der Waals surface area contributed by atoms with Gasteiger partial charge >= 0.3 is 0 Å². The lowest BCUT2D eigenvalue weighted by molar-refractivity contribution is -0.141. The van der Waals surface area contributed by atoms with Gasteiger partial charge in [-0.3, -0.25) is 9.59 Å². The molecule has 0 bridgehead atoms. The van der Waals surface area contributed by atoms with Gasteiger partial charge in [-0.15, -0.1) is 0 Å². The van der Waals surface area contributed by atoms with Gasteiger partial charge in [-0.2, -0.15) is 0 Å². The molecule has 0 aliphatic rings. The van der Waals surface area contributed by atoms with Crippen LogP contribution >= 0.6 is 0 Å². The lowest BCUT2D eigenvalue weighted by Gasteiger charge is -2.31. The van der Waals surface area contributed by atoms with Gasteiger partial charge in [0, 0.05) is 19.5 Å². The Morgan fingerprint density at radius 1 is 0.906 bits per heavy atom. The Kier molecular flexibility index (Phi) is 8.43. The van der Waals surface area contributed by atoms with E-state index < -0.39 is 6.04 Å². The molecule has 0 aliphatic carbocycles. The van der Waals surface area contributed by atoms with Crippen LogP contribution in [-0.4, -0.2) is 29.3 Å². The Hall–Kier alpha value is -3.14. The first-order chi connectivity index (χ1) is 15.5. The van der Waals surface area contributed by atoms with Crippen molar-refractivity contribution in [2.75, 3.05) is 6.54 Å². The maximum Gasteiger partial charge on any atom is 0.242 e. The quantitative estimate of drug-likeness (QED) is 0.471. The molecule has 4 heteroatoms. The van der Waals surface area contributed by atoms with Crippen molar-refractivity contribution in [3.8, 4) is 0 Å². The van der Waals surface area contributed by atoms with Crippen LogP contribution < -0.4 is 5.32 Å². The number of benzene rings is 3. The summed E-state index contributed by atoms with van der Waals surface area (Å²) in [7, 11) is 0. The molecule has 3 aromatic carbocycles. The van der Waals surface area contributed by atoms with Gasteiger partial charge in [0.2, 0.25) is 11.8 Å². The van der Waals surface area contributed by atoms with E-state index in [0.29, 0.717) is 38.3 Å². The standard InChI is InChI=1S/C28H34N2O2/c1-4-26(28(32)29-19-21(2)3)30(20-22-11-6-5-7-12-22)27(31)18-17-24-15-10-14-23-13-8-9-16-25(23)24/h5-16,21,26H,4,17-20H2,1-3H3,(H,29,32). The number of amides is 2. The molecule has 2 amide bonds. The smallest absolute Gasteiger partial charge is 0.242 e. The van der Waals surface area contributed by atoms with E-state index in [2.05, 4.69) is 43.4 Å². The van der Waals surface area contributed by atoms with E-state index in [1.807, 2.05) is 55.5 Å². The zero-order valence-corrected chi connectivity index (χ0v) is 19.4. The van der Waals surface area contributed by atoms with Gasteiger partial charge in [-0.1, -0.05) is 93.6 Å². The minimum absolute atomic E-state index is 0.00772. The fourth-order valence-electron chi connectivity index (χ4n) is 4.02. The largest absolute Gasteiger partial charge is 0.354 e. The van der Waals surface area contributed by atoms with Crippen molar-refractivity contribution in [2.24, 2.45) is 5.92 Å². The van der Waals surface area contributed by atoms with Crippen molar-refractivity contribution in [3.63, 3.8) is 0 Å². The molecule has 0 heterocycles. The summed E-state index contributed by atoms with van der Waals surface area (Å²) in [6, 6.07) is 23.9. The van der Waals surface area contributed by atoms with Crippen molar-refractivity contribution in [1.29, 1.82) is 0 Å². The molecule has 3 aromatic rings. The SMILES string of the molecule is CCC(C(=O)NCC(C)C)N(Cc1ccccc1)C(=O)CCc1cccc2ccccc12. The summed E-state index contributed by atoms with van der Waals surface area (Å²) >= 11 is 0. The van der Waals surface area contributed by atoms with Crippen molar-refractivity contribution in [2.45, 2.75) is 52.6 Å². The third kappa shape index (κ3) is 6.19. The summed E-state index contributed by atoms with van der Waals surface area (Å²) in [6.45, 7) is 7.15. The highest BCUT2D eigenvalue weighted by molar-refractivity contribution is 5.89. The topological polar surface area (TPSA) is 49.4 Å². The highest BCUT2D eigenvalue weighted by atomic mass is 16.2. The molecule has 1 N–H and O–H groups in total. The van der Waals surface area contributed by atoms with Gasteiger partial charge in [0.1, 0.15) is 6.04 Å². The highest BCUT2D eigenvalue weighted by Gasteiger charge is 2.28. The number of carbonyl (C=O) groups excluding carboxylic acids is 2. The van der Waals surface area contributed by atoms with Crippen LogP contribution in [0.25, 0.3) is 10.8 Å². The number of rotatable bonds is 10. The van der Waals surface area contributed by atoms with E-state index in [4.69, 9.17) is 0 Å². The second-order valence-electron chi connectivity index (χ2n) is 8.71. The van der Waals surface area contributed by atoms with Gasteiger partial charge in [0.15, 0.2) is 0 Å². The summed E-state index contributed by atoms with van der Waals surface area (Å²) in [5.41, 5.74) is 2.19. The summed E-state index contributed by atoms with van der Waals surface area (Å²) in [6.07, 6.45) is 1.60. The van der Waals surface area contributed by atoms with Crippen LogP contribution in [0.15, 0.2) is 72.8 Å². The molecule has 168 valence electrons. The average Bonchev–Trinajstić information content (AvgIpc) is 2.81. The minimum atomic E-state index is -0.478. The number of hydrogen-bond acceptors (Lipinski definition) is 2. The average molecular weight is 431 g/mol. The molecule has 3 rings (SSSR count). The first kappa shape index (κ1) is 23.5. The monoisotopic (exact) mass is 430 g/mol. The fraction of sp³-hybridized carbons (Fsp3) is 0.357. The number of hydrogen-bond donors (Lipinski definition) is 1. The summed E-state index contributed by atoms with van der Waals surface area (Å²) in [5.74, 6) is 0.296. The van der Waals surface area contributed by atoms with Gasteiger partial charge < -0.3 is 10.2 Å². The second-order valence-corrected chi connectivity index (χ2v) is 8.71. The molecule has 0 aromatic heterocycles. The maximum atomic E-state index is 13.4. The third-order valence-corrected chi connectivity index (χ3v) is 5.75. The Bertz CT molecular complexity index is 1020. The predicted octanol–water partition coefficient (Wildman–Crippen LogP) is 5.35. The Labute approximate surface area is 191 Å². The van der Waals surface area contributed by atoms with E-state index >= 15 is 0 Å². The van der Waals surface area contributed by atoms with Gasteiger partial charge in [0.25, 0.3) is 0 Å². The number of nitrogens with one attached hydrogen (secondary N) is 1. The highest BCUT2D eigenvalue weighted by Crippen LogP contribution is 2.21. The zero-order chi connectivity index (χ0) is 22.9. The molecule has 4 nitrogen and oxygen atoms in total. The summed E-state index contributed by atoms with van der Waals surface area (Å²) in [5, 5.41) is 5.38. The molecule has 0 radical (unpaired) electrons. The van der Waals surface area contributed by atoms with Crippen LogP contribution in [0.2, 0.25) is 0 Å². The Morgan fingerprint density at radius 2 is 1.59 bits per heavy atom. The third-order valence-electron chi connectivity index (χ3n) is 5.75. The van der Waals surface area contributed by atoms with Gasteiger partial charge in [0.05, 0.1) is 0 Å². The van der Waals surface area contributed by atoms with Gasteiger partial charge in [-0.25, -0.2) is 0 Å². The number of carbonyl (C=O) groups is 2. The van der Waals surface area contributed by atoms with Crippen molar-refractivity contribution >= 4 is 22.6 Å². The van der Waals surface area contributed by atoms with Crippen LogP contribution in [0, 0.1) is 5.92 Å². The van der Waals surface area contributed by atoms with Crippen molar-refractivity contribution in [3.05, 3.63) is 83.9 Å². The van der Waals surface area contributed by atoms with Crippen LogP contribution in [-0.2, 0) is 22.6 Å². The molecule has 0 aliphatic heterocycles. The first-order valence-corrected chi connectivity index (χ1v) is 11.6. The normalized spacial score (nSPS) is 12.0. The summed E-state index contributed by atoms with van der Waals surface area (Å²) in [4.78, 5) is 28.2. The van der Waals surface area contributed by atoms with Crippen LogP contribution in [0.1, 0.15) is 44.7 Å². The van der Waals surface area contributed by atoms with Crippen LogP contribution in [0.5, 0.6) is 0 Å². The van der Waals surface area contributed by atoms with E-state index in [0.717, 1.165) is 11.1 Å². The molecule has 0 spiro atoms. The van der Waals surface area contributed by atoms with E-state index in [1.54, 1.807) is 4.90 Å². The maximum absolute atomic E-state index is 13.4. The predicted molar refractivity (Wildman–Crippen MR) is 131 cm³/mol. The molecule has 0 saturated carbocycles. The van der Waals surface area contributed by atoms with Crippen molar-refractivity contribution < 1.29 is 9.59 Å². The first-order valence-electron chi connectivity index (χ1n) is 11.6. The minimum Gasteiger partial charge on any atom is -0.354 e. The molecular weight excluding hydrogens is 396 g/mol. The van der Waals surface area contributed by atoms with E-state index in [9.17, 15) is 9.59 Å². The molecule has 1 atom stereocenters. The number of aryl methyl sites for hydroxylation is 1. The molecular formula is C28H34N2O2. The summed E-state index contributed by atoms with van der Waals surface area (Å²) < 4.78 is 0. The Balaban J connectivity index is 1.79. The van der Waals surface area contributed by atoms with Gasteiger partial charge in [-0.05, 0) is 40.7 Å². The lowest BCUT2D eigenvalue weighted by Crippen LogP contribution is -2.49. The van der Waals surface area contributed by atoms with E-state index in [1.165, 1.54) is 10.8 Å². The number of nitrogens with zero attached hydrogens (tertiary/aromatic N) is 1. The van der Waals surface area contributed by atoms with Crippen LogP contribution in [0.4, 0.5) is 0 Å². The second kappa shape index (κ2) is 11.5. The Morgan fingerprint density at radius 3 is 2.31 bits per heavy atom.